The summed E-state index contributed by atoms with van der Waals surface area (Å²) in [5, 5.41) is 13.1. The first-order valence-corrected chi connectivity index (χ1v) is 5.85. The molecule has 1 aromatic heterocycles. The number of benzene rings is 1. The first-order chi connectivity index (χ1) is 9.69. The monoisotopic (exact) mass is 300 g/mol. The van der Waals surface area contributed by atoms with Crippen molar-refractivity contribution >= 4 is 5.97 Å². The number of alkyl halides is 3. The second-order valence-electron chi connectivity index (χ2n) is 4.31. The molecule has 21 heavy (non-hydrogen) atoms. The highest BCUT2D eigenvalue weighted by Gasteiger charge is 2.31. The Bertz CT molecular complexity index is 692. The number of ether oxygens (including phenoxy) is 1. The second kappa shape index (κ2) is 5.12. The Balaban J connectivity index is 2.46. The summed E-state index contributed by atoms with van der Waals surface area (Å²) in [6.07, 6.45) is -4.79. The lowest BCUT2D eigenvalue weighted by Crippen LogP contribution is -2.17. The normalized spacial score (nSPS) is 11.5. The molecule has 0 aliphatic rings. The predicted octanol–water partition coefficient (Wildman–Crippen LogP) is 3.09. The number of carbonyl (C=O) groups is 1. The van der Waals surface area contributed by atoms with Crippen LogP contribution < -0.4 is 4.74 Å². The van der Waals surface area contributed by atoms with Gasteiger partial charge in [-0.05, 0) is 26.0 Å². The number of nitrogens with zero attached hydrogens (tertiary/aromatic N) is 2. The largest absolute Gasteiger partial charge is 0.573 e. The SMILES string of the molecule is Cc1nn(-c2cccc(OC(F)(F)F)c2)c(C)c1C(=O)O. The minimum atomic E-state index is -4.79. The van der Waals surface area contributed by atoms with Crippen molar-refractivity contribution < 1.29 is 27.8 Å². The van der Waals surface area contributed by atoms with Crippen LogP contribution in [0.4, 0.5) is 13.2 Å². The number of rotatable bonds is 3. The highest BCUT2D eigenvalue weighted by atomic mass is 19.4. The molecule has 112 valence electrons. The Kier molecular flexibility index (Phi) is 3.63. The minimum Gasteiger partial charge on any atom is -0.478 e. The number of aryl methyl sites for hydroxylation is 1. The summed E-state index contributed by atoms with van der Waals surface area (Å²) < 4.78 is 41.7. The van der Waals surface area contributed by atoms with Crippen LogP contribution in [0.2, 0.25) is 0 Å². The second-order valence-corrected chi connectivity index (χ2v) is 4.31. The van der Waals surface area contributed by atoms with E-state index in [-0.39, 0.29) is 16.9 Å². The summed E-state index contributed by atoms with van der Waals surface area (Å²) in [6.45, 7) is 3.05. The van der Waals surface area contributed by atoms with Crippen molar-refractivity contribution in [2.75, 3.05) is 0 Å². The van der Waals surface area contributed by atoms with E-state index in [4.69, 9.17) is 5.11 Å². The van der Waals surface area contributed by atoms with Gasteiger partial charge in [-0.25, -0.2) is 9.48 Å². The quantitative estimate of drug-likeness (QED) is 0.946. The average Bonchev–Trinajstić information content (AvgIpc) is 2.63. The van der Waals surface area contributed by atoms with Crippen LogP contribution in [0.15, 0.2) is 24.3 Å². The Morgan fingerprint density at radius 2 is 2.00 bits per heavy atom. The summed E-state index contributed by atoms with van der Waals surface area (Å²) in [7, 11) is 0. The van der Waals surface area contributed by atoms with Crippen molar-refractivity contribution in [3.05, 3.63) is 41.2 Å². The maximum absolute atomic E-state index is 12.2. The molecule has 5 nitrogen and oxygen atoms in total. The van der Waals surface area contributed by atoms with Gasteiger partial charge in [-0.1, -0.05) is 6.07 Å². The van der Waals surface area contributed by atoms with E-state index in [0.717, 1.165) is 12.1 Å². The molecule has 0 aliphatic carbocycles. The van der Waals surface area contributed by atoms with Crippen LogP contribution in [0.1, 0.15) is 21.7 Å². The fourth-order valence-electron chi connectivity index (χ4n) is 2.02. The molecule has 1 aromatic carbocycles. The Hall–Kier alpha value is -2.51. The fourth-order valence-corrected chi connectivity index (χ4v) is 2.02. The van der Waals surface area contributed by atoms with Gasteiger partial charge in [0.05, 0.1) is 17.1 Å². The maximum atomic E-state index is 12.2. The molecule has 2 rings (SSSR count). The zero-order valence-electron chi connectivity index (χ0n) is 11.1. The smallest absolute Gasteiger partial charge is 0.478 e. The van der Waals surface area contributed by atoms with Crippen LogP contribution in [0.5, 0.6) is 5.75 Å². The van der Waals surface area contributed by atoms with Gasteiger partial charge in [0.25, 0.3) is 0 Å². The molecule has 0 saturated heterocycles. The summed E-state index contributed by atoms with van der Waals surface area (Å²) in [5.74, 6) is -1.54. The van der Waals surface area contributed by atoms with E-state index in [0.29, 0.717) is 5.69 Å². The molecule has 0 bridgehead atoms. The predicted molar refractivity (Wildman–Crippen MR) is 66.7 cm³/mol. The third kappa shape index (κ3) is 3.15. The lowest BCUT2D eigenvalue weighted by molar-refractivity contribution is -0.274. The highest BCUT2D eigenvalue weighted by Crippen LogP contribution is 2.26. The van der Waals surface area contributed by atoms with Gasteiger partial charge in [-0.3, -0.25) is 0 Å². The highest BCUT2D eigenvalue weighted by molar-refractivity contribution is 5.90. The van der Waals surface area contributed by atoms with Crippen LogP contribution in [0.3, 0.4) is 0 Å². The number of hydrogen-bond acceptors (Lipinski definition) is 3. The average molecular weight is 300 g/mol. The fraction of sp³-hybridized carbons (Fsp3) is 0.231. The lowest BCUT2D eigenvalue weighted by Gasteiger charge is -2.10. The van der Waals surface area contributed by atoms with E-state index >= 15 is 0 Å². The van der Waals surface area contributed by atoms with Gasteiger partial charge >= 0.3 is 12.3 Å². The molecular weight excluding hydrogens is 289 g/mol. The van der Waals surface area contributed by atoms with Crippen molar-refractivity contribution in [3.63, 3.8) is 0 Å². The molecule has 0 spiro atoms. The molecule has 1 heterocycles. The van der Waals surface area contributed by atoms with Crippen LogP contribution >= 0.6 is 0 Å². The van der Waals surface area contributed by atoms with Gasteiger partial charge in [0.1, 0.15) is 11.3 Å². The van der Waals surface area contributed by atoms with Crippen LogP contribution in [0.25, 0.3) is 5.69 Å². The first kappa shape index (κ1) is 14.9. The minimum absolute atomic E-state index is 0.0251. The molecule has 0 aliphatic heterocycles. The van der Waals surface area contributed by atoms with Crippen molar-refractivity contribution in [2.45, 2.75) is 20.2 Å². The third-order valence-electron chi connectivity index (χ3n) is 2.80. The van der Waals surface area contributed by atoms with Gasteiger partial charge in [-0.2, -0.15) is 5.10 Å². The van der Waals surface area contributed by atoms with Crippen LogP contribution in [0, 0.1) is 13.8 Å². The zero-order valence-corrected chi connectivity index (χ0v) is 11.1. The summed E-state index contributed by atoms with van der Waals surface area (Å²) in [4.78, 5) is 11.1. The number of aromatic carboxylic acids is 1. The molecule has 1 N–H and O–H groups in total. The van der Waals surface area contributed by atoms with Crippen LogP contribution in [-0.2, 0) is 0 Å². The molecule has 0 radical (unpaired) electrons. The van der Waals surface area contributed by atoms with Crippen LogP contribution in [-0.4, -0.2) is 27.2 Å². The summed E-state index contributed by atoms with van der Waals surface area (Å²) in [6, 6.07) is 5.17. The summed E-state index contributed by atoms with van der Waals surface area (Å²) >= 11 is 0. The Morgan fingerprint density at radius 1 is 1.33 bits per heavy atom. The van der Waals surface area contributed by atoms with Crippen molar-refractivity contribution in [1.82, 2.24) is 9.78 Å². The number of aromatic nitrogens is 2. The number of carboxylic acid groups (broad SMARTS) is 1. The number of halogens is 3. The first-order valence-electron chi connectivity index (χ1n) is 5.85. The molecule has 0 unspecified atom stereocenters. The lowest BCUT2D eigenvalue weighted by atomic mass is 10.2. The molecule has 0 saturated carbocycles. The van der Waals surface area contributed by atoms with Gasteiger partial charge in [0.2, 0.25) is 0 Å². The Labute approximate surface area is 117 Å². The van der Waals surface area contributed by atoms with Gasteiger partial charge < -0.3 is 9.84 Å². The topological polar surface area (TPSA) is 64.4 Å². The maximum Gasteiger partial charge on any atom is 0.573 e. The van der Waals surface area contributed by atoms with Gasteiger partial charge in [-0.15, -0.1) is 13.2 Å². The third-order valence-corrected chi connectivity index (χ3v) is 2.80. The number of hydrogen-bond donors (Lipinski definition) is 1. The number of carboxylic acids is 1. The van der Waals surface area contributed by atoms with E-state index in [1.54, 1.807) is 0 Å². The molecule has 0 amide bonds. The molecule has 2 aromatic rings. The van der Waals surface area contributed by atoms with E-state index in [2.05, 4.69) is 9.84 Å². The molecular formula is C13H11F3N2O3. The molecule has 0 fully saturated rings. The van der Waals surface area contributed by atoms with E-state index in [1.165, 1.54) is 30.7 Å². The van der Waals surface area contributed by atoms with E-state index in [9.17, 15) is 18.0 Å². The van der Waals surface area contributed by atoms with Crippen molar-refractivity contribution in [2.24, 2.45) is 0 Å². The standard InChI is InChI=1S/C13H11F3N2O3/c1-7-11(12(19)20)8(2)18(17-7)9-4-3-5-10(6-9)21-13(14,15)16/h3-6H,1-2H3,(H,19,20). The molecule has 0 atom stereocenters. The van der Waals surface area contributed by atoms with Gasteiger partial charge in [0, 0.05) is 6.07 Å². The van der Waals surface area contributed by atoms with Crippen molar-refractivity contribution in [3.8, 4) is 11.4 Å². The summed E-state index contributed by atoms with van der Waals surface area (Å²) in [5.41, 5.74) is 0.910. The molecule has 8 heteroatoms. The van der Waals surface area contributed by atoms with Gasteiger partial charge in [0.15, 0.2) is 0 Å². The van der Waals surface area contributed by atoms with Crippen molar-refractivity contribution in [1.29, 1.82) is 0 Å². The Morgan fingerprint density at radius 3 is 2.52 bits per heavy atom. The van der Waals surface area contributed by atoms with E-state index in [1.807, 2.05) is 0 Å². The zero-order chi connectivity index (χ0) is 15.8. The van der Waals surface area contributed by atoms with E-state index < -0.39 is 18.1 Å².